The van der Waals surface area contributed by atoms with Crippen LogP contribution in [0.25, 0.3) is 87.6 Å². The van der Waals surface area contributed by atoms with Gasteiger partial charge in [0, 0.05) is 44.4 Å². The van der Waals surface area contributed by atoms with Gasteiger partial charge in [-0.3, -0.25) is 0 Å². The molecule has 0 saturated carbocycles. The molecule has 3 nitrogen and oxygen atoms in total. The van der Waals surface area contributed by atoms with Crippen molar-refractivity contribution in [3.8, 4) is 50.6 Å². The molecule has 0 aromatic heterocycles. The van der Waals surface area contributed by atoms with Crippen LogP contribution in [0.5, 0.6) is 0 Å². The topological polar surface area (TPSA) is 30.3 Å². The Balaban J connectivity index is 0.000000147. The van der Waals surface area contributed by atoms with Crippen LogP contribution >= 0.6 is 0 Å². The first-order chi connectivity index (χ1) is 42.5. The van der Waals surface area contributed by atoms with Crippen LogP contribution in [0, 0.1) is 17.1 Å². The number of nitrogens with zero attached hydrogens (tertiary/aromatic N) is 3. The van der Waals surface area contributed by atoms with E-state index in [0.29, 0.717) is 5.56 Å². The summed E-state index contributed by atoms with van der Waals surface area (Å²) in [5.41, 5.74) is 22.1. The van der Waals surface area contributed by atoms with Gasteiger partial charge in [0.05, 0.1) is 23.0 Å². The van der Waals surface area contributed by atoms with E-state index in [2.05, 4.69) is 286 Å². The SMILES string of the molecule is CC1(C)c2ccccc2-c2ccc(N(c3ccc(-c4ccc(C#N)cc4)cc3)c3cc4ccccc4c4ccccc34)cc21.CC1(C)c2ccccc2-c2ccc(N(c3ccc(-c4ccc(F)cc4)cc3)c3cc4ccccc4c4ccccc34)cc21. The van der Waals surface area contributed by atoms with Gasteiger partial charge in [0.15, 0.2) is 0 Å². The Morgan fingerprint density at radius 3 is 1.03 bits per heavy atom. The van der Waals surface area contributed by atoms with Crippen molar-refractivity contribution in [2.75, 3.05) is 9.80 Å². The van der Waals surface area contributed by atoms with Crippen molar-refractivity contribution in [3.05, 3.63) is 325 Å². The Bertz CT molecular complexity index is 5050. The molecule has 4 heteroatoms. The maximum Gasteiger partial charge on any atom is 0.123 e. The third-order valence-corrected chi connectivity index (χ3v) is 18.4. The molecule has 0 fully saturated rings. The van der Waals surface area contributed by atoms with Crippen LogP contribution in [0.1, 0.15) is 55.5 Å². The van der Waals surface area contributed by atoms with E-state index in [0.717, 1.165) is 56.4 Å². The van der Waals surface area contributed by atoms with Crippen LogP contribution in [-0.4, -0.2) is 0 Å². The highest BCUT2D eigenvalue weighted by molar-refractivity contribution is 6.16. The van der Waals surface area contributed by atoms with Crippen molar-refractivity contribution < 1.29 is 4.39 Å². The highest BCUT2D eigenvalue weighted by atomic mass is 19.1. The molecule has 14 aromatic rings. The fourth-order valence-electron chi connectivity index (χ4n) is 13.9. The first-order valence-corrected chi connectivity index (χ1v) is 29.9. The zero-order chi connectivity index (χ0) is 59.0. The van der Waals surface area contributed by atoms with Gasteiger partial charge in [0.1, 0.15) is 5.82 Å². The van der Waals surface area contributed by atoms with Crippen molar-refractivity contribution in [3.63, 3.8) is 0 Å². The van der Waals surface area contributed by atoms with E-state index in [9.17, 15) is 9.65 Å². The summed E-state index contributed by atoms with van der Waals surface area (Å²) < 4.78 is 13.6. The van der Waals surface area contributed by atoms with Crippen molar-refractivity contribution in [2.24, 2.45) is 0 Å². The Morgan fingerprint density at radius 1 is 0.299 bits per heavy atom. The molecule has 0 amide bonds. The van der Waals surface area contributed by atoms with Crippen molar-refractivity contribution >= 4 is 77.2 Å². The van der Waals surface area contributed by atoms with Crippen LogP contribution < -0.4 is 9.80 Å². The zero-order valence-electron chi connectivity index (χ0n) is 48.9. The van der Waals surface area contributed by atoms with E-state index in [4.69, 9.17) is 0 Å². The van der Waals surface area contributed by atoms with Gasteiger partial charge < -0.3 is 9.80 Å². The number of anilines is 6. The van der Waals surface area contributed by atoms with Gasteiger partial charge in [-0.05, 0) is 184 Å². The van der Waals surface area contributed by atoms with Gasteiger partial charge in [-0.25, -0.2) is 4.39 Å². The second kappa shape index (κ2) is 21.0. The lowest BCUT2D eigenvalue weighted by atomic mass is 9.82. The number of halogens is 1. The predicted molar refractivity (Wildman–Crippen MR) is 363 cm³/mol. The highest BCUT2D eigenvalue weighted by Crippen LogP contribution is 2.54. The zero-order valence-corrected chi connectivity index (χ0v) is 48.9. The lowest BCUT2D eigenvalue weighted by Gasteiger charge is -2.29. The highest BCUT2D eigenvalue weighted by Gasteiger charge is 2.37. The van der Waals surface area contributed by atoms with E-state index in [1.165, 1.54) is 99.7 Å². The molecule has 0 N–H and O–H groups in total. The molecule has 2 aliphatic carbocycles. The van der Waals surface area contributed by atoms with Gasteiger partial charge in [-0.15, -0.1) is 0 Å². The van der Waals surface area contributed by atoms with E-state index in [1.54, 1.807) is 0 Å². The maximum atomic E-state index is 13.6. The van der Waals surface area contributed by atoms with E-state index >= 15 is 0 Å². The minimum atomic E-state index is -0.226. The summed E-state index contributed by atoms with van der Waals surface area (Å²) in [5, 5.41) is 19.1. The standard InChI is InChI=1S/C42H30N2.C41H30FN/c1-42(2)39-14-8-7-12-36(39)37-24-23-33(26-40(37)42)44(32-21-19-30(20-22-32)29-17-15-28(27-43)16-18-29)41-25-31-9-3-4-10-34(31)35-11-5-6-13-38(35)41;1-41(2)38-14-8-7-12-35(38)36-24-23-32(26-39(36)41)43(31-21-17-28(18-22-31)27-15-19-30(42)20-16-27)40-25-29-9-3-4-10-33(29)34-11-5-6-13-37(34)40/h3-26H,1-2H3;3-26H,1-2H3. The summed E-state index contributed by atoms with van der Waals surface area (Å²) in [6.07, 6.45) is 0. The number of hydrogen-bond acceptors (Lipinski definition) is 3. The van der Waals surface area contributed by atoms with Crippen molar-refractivity contribution in [2.45, 2.75) is 38.5 Å². The smallest absolute Gasteiger partial charge is 0.123 e. The average Bonchev–Trinajstić information content (AvgIpc) is 1.91. The predicted octanol–water partition coefficient (Wildman–Crippen LogP) is 22.9. The lowest BCUT2D eigenvalue weighted by molar-refractivity contribution is 0.628. The Hall–Kier alpha value is -10.9. The molecule has 87 heavy (non-hydrogen) atoms. The Morgan fingerprint density at radius 2 is 0.621 bits per heavy atom. The number of benzene rings is 14. The fraction of sp³-hybridized carbons (Fsp3) is 0.0723. The number of hydrogen-bond donors (Lipinski definition) is 0. The number of rotatable bonds is 8. The summed E-state index contributed by atoms with van der Waals surface area (Å²) in [4.78, 5) is 4.80. The van der Waals surface area contributed by atoms with Gasteiger partial charge in [-0.2, -0.15) is 5.26 Å². The van der Waals surface area contributed by atoms with Crippen LogP contribution in [0.15, 0.2) is 291 Å². The van der Waals surface area contributed by atoms with Crippen molar-refractivity contribution in [1.82, 2.24) is 0 Å². The minimum Gasteiger partial charge on any atom is -0.310 e. The van der Waals surface area contributed by atoms with Gasteiger partial charge in [0.25, 0.3) is 0 Å². The monoisotopic (exact) mass is 1120 g/mol. The lowest BCUT2D eigenvalue weighted by Crippen LogP contribution is -2.16. The summed E-state index contributed by atoms with van der Waals surface area (Å²) in [7, 11) is 0. The first kappa shape index (κ1) is 52.9. The maximum absolute atomic E-state index is 13.6. The second-order valence-electron chi connectivity index (χ2n) is 24.1. The molecule has 0 aliphatic heterocycles. The largest absolute Gasteiger partial charge is 0.310 e. The van der Waals surface area contributed by atoms with E-state index in [1.807, 2.05) is 36.4 Å². The normalized spacial score (nSPS) is 13.1. The second-order valence-corrected chi connectivity index (χ2v) is 24.1. The summed E-state index contributed by atoms with van der Waals surface area (Å²) in [6.45, 7) is 9.33. The number of fused-ring (bicyclic) bond motifs is 12. The third-order valence-electron chi connectivity index (χ3n) is 18.4. The first-order valence-electron chi connectivity index (χ1n) is 29.9. The van der Waals surface area contributed by atoms with Crippen molar-refractivity contribution in [1.29, 1.82) is 5.26 Å². The van der Waals surface area contributed by atoms with Crippen LogP contribution in [-0.2, 0) is 10.8 Å². The summed E-state index contributed by atoms with van der Waals surface area (Å²) in [5.74, 6) is -0.226. The molecule has 0 unspecified atom stereocenters. The van der Waals surface area contributed by atoms with Gasteiger partial charge in [-0.1, -0.05) is 234 Å². The van der Waals surface area contributed by atoms with Crippen LogP contribution in [0.4, 0.5) is 38.5 Å². The molecule has 14 aromatic carbocycles. The average molecular weight is 1120 g/mol. The van der Waals surface area contributed by atoms with Gasteiger partial charge >= 0.3 is 0 Å². The molecule has 414 valence electrons. The van der Waals surface area contributed by atoms with Crippen LogP contribution in [0.2, 0.25) is 0 Å². The van der Waals surface area contributed by atoms with E-state index < -0.39 is 0 Å². The van der Waals surface area contributed by atoms with E-state index in [-0.39, 0.29) is 16.6 Å². The molecule has 0 heterocycles. The third kappa shape index (κ3) is 9.02. The van der Waals surface area contributed by atoms with Gasteiger partial charge in [0.2, 0.25) is 0 Å². The fourth-order valence-corrected chi connectivity index (χ4v) is 13.9. The molecule has 0 atom stereocenters. The summed E-state index contributed by atoms with van der Waals surface area (Å²) >= 11 is 0. The Kier molecular flexibility index (Phi) is 12.8. The molecular formula is C83H60FN3. The molecular weight excluding hydrogens is 1060 g/mol. The molecule has 0 radical (unpaired) electrons. The quantitative estimate of drug-likeness (QED) is 0.142. The molecule has 0 spiro atoms. The summed E-state index contributed by atoms with van der Waals surface area (Å²) in [6, 6.07) is 105. The molecule has 0 bridgehead atoms. The molecule has 16 rings (SSSR count). The Labute approximate surface area is 507 Å². The minimum absolute atomic E-state index is 0.0987. The van der Waals surface area contributed by atoms with Crippen LogP contribution in [0.3, 0.4) is 0 Å². The molecule has 0 saturated heterocycles. The molecule has 2 aliphatic rings. The number of nitriles is 1.